The van der Waals surface area contributed by atoms with Crippen LogP contribution in [0.15, 0.2) is 0 Å². The second-order valence-corrected chi connectivity index (χ2v) is 4.75. The molecule has 4 atom stereocenters. The minimum atomic E-state index is 0.0607. The predicted molar refractivity (Wildman–Crippen MR) is 62.8 cm³/mol. The summed E-state index contributed by atoms with van der Waals surface area (Å²) < 4.78 is 11.8. The monoisotopic (exact) mass is 214 g/mol. The van der Waals surface area contributed by atoms with Crippen LogP contribution in [0.5, 0.6) is 0 Å². The van der Waals surface area contributed by atoms with Gasteiger partial charge in [0.15, 0.2) is 6.29 Å². The topological polar surface area (TPSA) is 18.5 Å². The van der Waals surface area contributed by atoms with E-state index in [9.17, 15) is 0 Å². The second kappa shape index (κ2) is 6.49. The Kier molecular flexibility index (Phi) is 5.62. The highest BCUT2D eigenvalue weighted by Crippen LogP contribution is 2.28. The van der Waals surface area contributed by atoms with Gasteiger partial charge in [0, 0.05) is 0 Å². The van der Waals surface area contributed by atoms with Crippen LogP contribution in [0.25, 0.3) is 0 Å². The van der Waals surface area contributed by atoms with E-state index in [0.717, 1.165) is 6.42 Å². The molecule has 1 heterocycles. The largest absolute Gasteiger partial charge is 0.347 e. The molecule has 0 aromatic heterocycles. The first-order valence-electron chi connectivity index (χ1n) is 6.49. The summed E-state index contributed by atoms with van der Waals surface area (Å²) in [4.78, 5) is 0. The zero-order valence-electron chi connectivity index (χ0n) is 10.7. The van der Waals surface area contributed by atoms with Gasteiger partial charge in [0.2, 0.25) is 0 Å². The van der Waals surface area contributed by atoms with Crippen molar-refractivity contribution in [1.82, 2.24) is 0 Å². The van der Waals surface area contributed by atoms with E-state index in [1.165, 1.54) is 25.7 Å². The van der Waals surface area contributed by atoms with E-state index in [4.69, 9.17) is 9.47 Å². The van der Waals surface area contributed by atoms with Gasteiger partial charge in [-0.3, -0.25) is 0 Å². The summed E-state index contributed by atoms with van der Waals surface area (Å²) >= 11 is 0. The fourth-order valence-corrected chi connectivity index (χ4v) is 2.16. The van der Waals surface area contributed by atoms with Gasteiger partial charge in [-0.2, -0.15) is 0 Å². The molecule has 0 aliphatic carbocycles. The highest BCUT2D eigenvalue weighted by atomic mass is 16.7. The van der Waals surface area contributed by atoms with Gasteiger partial charge in [-0.15, -0.1) is 0 Å². The molecule has 0 amide bonds. The summed E-state index contributed by atoms with van der Waals surface area (Å²) in [6.07, 6.45) is 6.63. The lowest BCUT2D eigenvalue weighted by Crippen LogP contribution is -2.26. The quantitative estimate of drug-likeness (QED) is 0.627. The van der Waals surface area contributed by atoms with E-state index in [-0.39, 0.29) is 12.4 Å². The molecule has 2 heteroatoms. The van der Waals surface area contributed by atoms with Crippen molar-refractivity contribution in [3.8, 4) is 0 Å². The molecule has 1 fully saturated rings. The van der Waals surface area contributed by atoms with Crippen LogP contribution in [0, 0.1) is 5.92 Å². The summed E-state index contributed by atoms with van der Waals surface area (Å²) in [6.45, 7) is 8.82. The van der Waals surface area contributed by atoms with Gasteiger partial charge >= 0.3 is 0 Å². The van der Waals surface area contributed by atoms with Gasteiger partial charge < -0.3 is 9.47 Å². The lowest BCUT2D eigenvalue weighted by Gasteiger charge is -2.19. The Morgan fingerprint density at radius 3 is 2.47 bits per heavy atom. The molecule has 1 saturated heterocycles. The zero-order chi connectivity index (χ0) is 11.3. The molecule has 0 saturated carbocycles. The molecule has 0 radical (unpaired) electrons. The van der Waals surface area contributed by atoms with Crippen LogP contribution in [-0.2, 0) is 9.47 Å². The third kappa shape index (κ3) is 3.76. The van der Waals surface area contributed by atoms with Crippen LogP contribution >= 0.6 is 0 Å². The van der Waals surface area contributed by atoms with Gasteiger partial charge in [-0.1, -0.05) is 40.0 Å². The minimum Gasteiger partial charge on any atom is -0.347 e. The van der Waals surface area contributed by atoms with Crippen molar-refractivity contribution in [1.29, 1.82) is 0 Å². The maximum Gasteiger partial charge on any atom is 0.158 e. The normalized spacial score (nSPS) is 33.2. The van der Waals surface area contributed by atoms with Crippen molar-refractivity contribution in [2.75, 3.05) is 0 Å². The lowest BCUT2D eigenvalue weighted by molar-refractivity contribution is -0.0755. The number of unbranched alkanes of at least 4 members (excludes halogenated alkanes) is 2. The molecule has 1 aliphatic rings. The maximum absolute atomic E-state index is 5.95. The van der Waals surface area contributed by atoms with Crippen LogP contribution in [0.3, 0.4) is 0 Å². The summed E-state index contributed by atoms with van der Waals surface area (Å²) in [5.74, 6) is 0.608. The molecule has 1 aliphatic heterocycles. The first kappa shape index (κ1) is 13.0. The van der Waals surface area contributed by atoms with Crippen molar-refractivity contribution < 1.29 is 9.47 Å². The molecular weight excluding hydrogens is 188 g/mol. The van der Waals surface area contributed by atoms with E-state index in [0.29, 0.717) is 12.0 Å². The minimum absolute atomic E-state index is 0.0607. The van der Waals surface area contributed by atoms with Crippen molar-refractivity contribution in [2.45, 2.75) is 78.3 Å². The smallest absolute Gasteiger partial charge is 0.158 e. The predicted octanol–water partition coefficient (Wildman–Crippen LogP) is 3.74. The molecule has 1 rings (SSSR count). The Morgan fingerprint density at radius 2 is 1.87 bits per heavy atom. The molecule has 15 heavy (non-hydrogen) atoms. The van der Waals surface area contributed by atoms with Gasteiger partial charge in [0.05, 0.1) is 12.2 Å². The molecular formula is C13H26O2. The van der Waals surface area contributed by atoms with E-state index in [1.54, 1.807) is 0 Å². The van der Waals surface area contributed by atoms with Crippen molar-refractivity contribution >= 4 is 0 Å². The van der Waals surface area contributed by atoms with Crippen molar-refractivity contribution in [2.24, 2.45) is 5.92 Å². The summed E-state index contributed by atoms with van der Waals surface area (Å²) in [5, 5.41) is 0. The Balaban J connectivity index is 2.28. The summed E-state index contributed by atoms with van der Waals surface area (Å²) in [6, 6.07) is 0. The molecule has 2 nitrogen and oxygen atoms in total. The first-order valence-corrected chi connectivity index (χ1v) is 6.49. The SMILES string of the molecule is CCCCCC1OC(C)C(C(C)CC)O1. The molecule has 0 aromatic carbocycles. The van der Waals surface area contributed by atoms with Crippen LogP contribution in [0.4, 0.5) is 0 Å². The van der Waals surface area contributed by atoms with Gasteiger partial charge in [-0.25, -0.2) is 0 Å². The highest BCUT2D eigenvalue weighted by molar-refractivity contribution is 4.78. The molecule has 0 aromatic rings. The average molecular weight is 214 g/mol. The summed E-state index contributed by atoms with van der Waals surface area (Å²) in [7, 11) is 0. The van der Waals surface area contributed by atoms with Gasteiger partial charge in [-0.05, 0) is 25.7 Å². The number of hydrogen-bond donors (Lipinski definition) is 0. The molecule has 0 N–H and O–H groups in total. The first-order chi connectivity index (χ1) is 7.19. The number of rotatable bonds is 6. The second-order valence-electron chi connectivity index (χ2n) is 4.75. The van der Waals surface area contributed by atoms with Gasteiger partial charge in [0.25, 0.3) is 0 Å². The average Bonchev–Trinajstić information content (AvgIpc) is 2.59. The molecule has 0 spiro atoms. The Morgan fingerprint density at radius 1 is 1.13 bits per heavy atom. The fourth-order valence-electron chi connectivity index (χ4n) is 2.16. The zero-order valence-corrected chi connectivity index (χ0v) is 10.7. The maximum atomic E-state index is 5.95. The summed E-state index contributed by atoms with van der Waals surface area (Å²) in [5.41, 5.74) is 0. The number of ether oxygens (including phenoxy) is 2. The standard InChI is InChI=1S/C13H26O2/c1-5-7-8-9-12-14-11(4)13(15-12)10(3)6-2/h10-13H,5-9H2,1-4H3. The van der Waals surface area contributed by atoms with Crippen LogP contribution < -0.4 is 0 Å². The molecule has 4 unspecified atom stereocenters. The fraction of sp³-hybridized carbons (Fsp3) is 1.00. The number of hydrogen-bond acceptors (Lipinski definition) is 2. The van der Waals surface area contributed by atoms with E-state index in [2.05, 4.69) is 27.7 Å². The van der Waals surface area contributed by atoms with E-state index >= 15 is 0 Å². The Hall–Kier alpha value is -0.0800. The van der Waals surface area contributed by atoms with E-state index in [1.807, 2.05) is 0 Å². The molecule has 0 bridgehead atoms. The highest BCUT2D eigenvalue weighted by Gasteiger charge is 2.35. The van der Waals surface area contributed by atoms with Crippen LogP contribution in [0.2, 0.25) is 0 Å². The third-order valence-electron chi connectivity index (χ3n) is 3.39. The van der Waals surface area contributed by atoms with Crippen molar-refractivity contribution in [3.05, 3.63) is 0 Å². The Bertz CT molecular complexity index is 170. The van der Waals surface area contributed by atoms with E-state index < -0.39 is 0 Å². The van der Waals surface area contributed by atoms with Crippen LogP contribution in [0.1, 0.15) is 59.8 Å². The third-order valence-corrected chi connectivity index (χ3v) is 3.39. The van der Waals surface area contributed by atoms with Crippen molar-refractivity contribution in [3.63, 3.8) is 0 Å². The van der Waals surface area contributed by atoms with Gasteiger partial charge in [0.1, 0.15) is 0 Å². The molecule has 90 valence electrons. The van der Waals surface area contributed by atoms with Crippen LogP contribution in [-0.4, -0.2) is 18.5 Å². The lowest BCUT2D eigenvalue weighted by atomic mass is 9.98. The Labute approximate surface area is 94.3 Å².